The van der Waals surface area contributed by atoms with E-state index in [0.29, 0.717) is 22.0 Å². The summed E-state index contributed by atoms with van der Waals surface area (Å²) in [6.07, 6.45) is 1.79. The lowest BCUT2D eigenvalue weighted by Gasteiger charge is -2.36. The highest BCUT2D eigenvalue weighted by Gasteiger charge is 2.41. The summed E-state index contributed by atoms with van der Waals surface area (Å²) in [5, 5.41) is 3.50. The van der Waals surface area contributed by atoms with E-state index in [1.54, 1.807) is 18.2 Å². The van der Waals surface area contributed by atoms with Gasteiger partial charge in [-0.25, -0.2) is 17.8 Å². The highest BCUT2D eigenvalue weighted by Crippen LogP contribution is 2.36. The molecule has 4 heterocycles. The van der Waals surface area contributed by atoms with Crippen molar-refractivity contribution in [3.63, 3.8) is 0 Å². The maximum Gasteiger partial charge on any atom is 0.255 e. The van der Waals surface area contributed by atoms with Crippen molar-refractivity contribution in [1.82, 2.24) is 19.5 Å². The molecule has 1 N–H and O–H groups in total. The van der Waals surface area contributed by atoms with Crippen LogP contribution in [0.2, 0.25) is 5.15 Å². The lowest BCUT2D eigenvalue weighted by atomic mass is 10.0. The first-order chi connectivity index (χ1) is 18.6. The van der Waals surface area contributed by atoms with Crippen molar-refractivity contribution in [2.24, 2.45) is 0 Å². The molecule has 2 fully saturated rings. The second-order valence-electron chi connectivity index (χ2n) is 9.70. The Kier molecular flexibility index (Phi) is 6.28. The molecule has 1 aromatic heterocycles. The molecule has 2 saturated heterocycles. The Balaban J connectivity index is 1.24. The van der Waals surface area contributed by atoms with Gasteiger partial charge in [0.05, 0.1) is 4.90 Å². The Morgan fingerprint density at radius 3 is 2.54 bits per heavy atom. The van der Waals surface area contributed by atoms with Crippen molar-refractivity contribution in [2.75, 3.05) is 31.1 Å². The smallest absolute Gasteiger partial charge is 0.255 e. The number of carbonyl (C=O) groups excluding carboxylic acids is 3. The number of sulfonamides is 1. The fourth-order valence-corrected chi connectivity index (χ4v) is 7.42. The van der Waals surface area contributed by atoms with Crippen molar-refractivity contribution < 1.29 is 27.2 Å². The fourth-order valence-electron chi connectivity index (χ4n) is 5.57. The van der Waals surface area contributed by atoms with Crippen LogP contribution in [0.4, 0.5) is 10.1 Å². The first-order valence-electron chi connectivity index (χ1n) is 12.4. The number of aromatic nitrogens is 1. The van der Waals surface area contributed by atoms with Crippen LogP contribution in [0.15, 0.2) is 47.5 Å². The highest BCUT2D eigenvalue weighted by atomic mass is 35.5. The molecule has 6 rings (SSSR count). The van der Waals surface area contributed by atoms with Gasteiger partial charge in [-0.15, -0.1) is 0 Å². The molecule has 2 aromatic carbocycles. The Hall–Kier alpha value is -3.61. The van der Waals surface area contributed by atoms with Crippen molar-refractivity contribution in [3.8, 4) is 0 Å². The quantitative estimate of drug-likeness (QED) is 0.377. The Morgan fingerprint density at radius 1 is 1.03 bits per heavy atom. The van der Waals surface area contributed by atoms with Crippen LogP contribution in [-0.2, 0) is 26.2 Å². The summed E-state index contributed by atoms with van der Waals surface area (Å²) in [6, 6.07) is 8.18. The van der Waals surface area contributed by atoms with Gasteiger partial charge in [-0.1, -0.05) is 23.7 Å². The maximum absolute atomic E-state index is 14.7. The van der Waals surface area contributed by atoms with E-state index in [1.165, 1.54) is 27.5 Å². The average molecular weight is 572 g/mol. The van der Waals surface area contributed by atoms with Gasteiger partial charge in [0.15, 0.2) is 0 Å². The molecule has 0 bridgehead atoms. The molecule has 13 heteroatoms. The van der Waals surface area contributed by atoms with Crippen LogP contribution in [0.3, 0.4) is 0 Å². The summed E-state index contributed by atoms with van der Waals surface area (Å²) in [4.78, 5) is 44.5. The zero-order chi connectivity index (χ0) is 27.5. The van der Waals surface area contributed by atoms with Gasteiger partial charge in [0, 0.05) is 72.9 Å². The van der Waals surface area contributed by atoms with Crippen LogP contribution in [0.25, 0.3) is 10.8 Å². The molecule has 0 radical (unpaired) electrons. The number of piperidine rings is 1. The number of pyridine rings is 1. The zero-order valence-electron chi connectivity index (χ0n) is 20.6. The molecule has 3 aromatic rings. The molecule has 39 heavy (non-hydrogen) atoms. The van der Waals surface area contributed by atoms with Crippen molar-refractivity contribution in [3.05, 3.63) is 64.7 Å². The summed E-state index contributed by atoms with van der Waals surface area (Å²) in [6.45, 7) is 0.935. The minimum Gasteiger partial charge on any atom is -0.369 e. The molecule has 1 atom stereocenters. The Morgan fingerprint density at radius 2 is 1.79 bits per heavy atom. The molecule has 10 nitrogen and oxygen atoms in total. The second kappa shape index (κ2) is 9.54. The number of fused-ring (bicyclic) bond motifs is 2. The molecular formula is C26H23ClFN5O5S. The van der Waals surface area contributed by atoms with Crippen molar-refractivity contribution >= 4 is 55.8 Å². The van der Waals surface area contributed by atoms with Crippen LogP contribution in [0.5, 0.6) is 0 Å². The molecule has 202 valence electrons. The van der Waals surface area contributed by atoms with E-state index in [9.17, 15) is 27.2 Å². The molecule has 0 saturated carbocycles. The normalized spacial score (nSPS) is 20.5. The molecule has 1 unspecified atom stereocenters. The lowest BCUT2D eigenvalue weighted by molar-refractivity contribution is -0.136. The number of rotatable bonds is 4. The predicted octanol–water partition coefficient (Wildman–Crippen LogP) is 2.30. The van der Waals surface area contributed by atoms with Gasteiger partial charge in [0.1, 0.15) is 17.0 Å². The standard InChI is InChI=1S/C26H23ClFN5O5S/c27-24-17-2-1-3-22(16(17)6-7-29-24)39(37,38)32-10-8-31(9-11-32)21-13-15(28)12-18-19(21)14-33(26(18)36)20-4-5-23(34)30-25(20)35/h1-3,6-7,12-13,20H,4-5,8-11,14H2,(H,30,34,35). The monoisotopic (exact) mass is 571 g/mol. The van der Waals surface area contributed by atoms with E-state index in [-0.39, 0.29) is 67.1 Å². The zero-order valence-corrected chi connectivity index (χ0v) is 22.1. The van der Waals surface area contributed by atoms with Gasteiger partial charge in [-0.3, -0.25) is 19.7 Å². The van der Waals surface area contributed by atoms with Crippen LogP contribution < -0.4 is 10.2 Å². The third-order valence-electron chi connectivity index (χ3n) is 7.51. The molecule has 3 aliphatic rings. The highest BCUT2D eigenvalue weighted by molar-refractivity contribution is 7.89. The number of hydrogen-bond acceptors (Lipinski definition) is 7. The number of imide groups is 1. The molecule has 0 aliphatic carbocycles. The number of benzene rings is 2. The van der Waals surface area contributed by atoms with E-state index < -0.39 is 33.7 Å². The Labute approximate surface area is 228 Å². The van der Waals surface area contributed by atoms with Gasteiger partial charge in [-0.05, 0) is 30.7 Å². The number of halogens is 2. The second-order valence-corrected chi connectivity index (χ2v) is 12.0. The minimum absolute atomic E-state index is 0.0966. The van der Waals surface area contributed by atoms with E-state index in [0.717, 1.165) is 6.07 Å². The summed E-state index contributed by atoms with van der Waals surface area (Å²) < 4.78 is 43.2. The third-order valence-corrected chi connectivity index (χ3v) is 9.77. The summed E-state index contributed by atoms with van der Waals surface area (Å²) in [7, 11) is -3.86. The summed E-state index contributed by atoms with van der Waals surface area (Å²) >= 11 is 6.17. The summed E-state index contributed by atoms with van der Waals surface area (Å²) in [5.74, 6) is -1.99. The average Bonchev–Trinajstić information content (AvgIpc) is 3.24. The molecule has 3 aliphatic heterocycles. The number of carbonyl (C=O) groups is 3. The molecule has 0 spiro atoms. The first kappa shape index (κ1) is 25.7. The first-order valence-corrected chi connectivity index (χ1v) is 14.2. The van der Waals surface area contributed by atoms with E-state index in [2.05, 4.69) is 10.3 Å². The van der Waals surface area contributed by atoms with Crippen LogP contribution >= 0.6 is 11.6 Å². The number of hydrogen-bond donors (Lipinski definition) is 1. The van der Waals surface area contributed by atoms with Crippen LogP contribution in [-0.4, -0.2) is 72.5 Å². The molecule has 3 amide bonds. The van der Waals surface area contributed by atoms with Gasteiger partial charge in [0.25, 0.3) is 5.91 Å². The van der Waals surface area contributed by atoms with Crippen LogP contribution in [0, 0.1) is 5.82 Å². The van der Waals surface area contributed by atoms with Gasteiger partial charge >= 0.3 is 0 Å². The number of nitrogens with zero attached hydrogens (tertiary/aromatic N) is 4. The topological polar surface area (TPSA) is 120 Å². The van der Waals surface area contributed by atoms with Crippen LogP contribution in [0.1, 0.15) is 28.8 Å². The fraction of sp³-hybridized carbons (Fsp3) is 0.308. The lowest BCUT2D eigenvalue weighted by Crippen LogP contribution is -2.52. The number of piperazine rings is 1. The van der Waals surface area contributed by atoms with E-state index in [4.69, 9.17) is 11.6 Å². The number of nitrogens with one attached hydrogen (secondary N) is 1. The Bertz CT molecular complexity index is 1660. The molecular weight excluding hydrogens is 549 g/mol. The SMILES string of the molecule is O=C1CCC(N2Cc3c(cc(F)cc3N3CCN(S(=O)(=O)c4cccc5c(Cl)nccc45)CC3)C2=O)C(=O)N1. The van der Waals surface area contributed by atoms with Crippen molar-refractivity contribution in [1.29, 1.82) is 0 Å². The van der Waals surface area contributed by atoms with Gasteiger partial charge < -0.3 is 9.80 Å². The number of amides is 3. The van der Waals surface area contributed by atoms with Gasteiger partial charge in [0.2, 0.25) is 21.8 Å². The van der Waals surface area contributed by atoms with E-state index in [1.807, 2.05) is 4.90 Å². The summed E-state index contributed by atoms with van der Waals surface area (Å²) in [5.41, 5.74) is 1.25. The largest absolute Gasteiger partial charge is 0.369 e. The van der Waals surface area contributed by atoms with E-state index >= 15 is 0 Å². The maximum atomic E-state index is 14.7. The number of anilines is 1. The van der Waals surface area contributed by atoms with Gasteiger partial charge in [-0.2, -0.15) is 4.31 Å². The minimum atomic E-state index is -3.86. The third kappa shape index (κ3) is 4.32. The van der Waals surface area contributed by atoms with Crippen molar-refractivity contribution in [2.45, 2.75) is 30.3 Å². The predicted molar refractivity (Wildman–Crippen MR) is 140 cm³/mol.